The van der Waals surface area contributed by atoms with Crippen LogP contribution in [0.3, 0.4) is 0 Å². The minimum Gasteiger partial charge on any atom is -0.457 e. The van der Waals surface area contributed by atoms with Gasteiger partial charge in [-0.25, -0.2) is 9.59 Å². The molecule has 90 valence electrons. The molecule has 0 bridgehead atoms. The van der Waals surface area contributed by atoms with Gasteiger partial charge in [-0.3, -0.25) is 0 Å². The van der Waals surface area contributed by atoms with Crippen molar-refractivity contribution in [2.75, 3.05) is 0 Å². The fourth-order valence-corrected chi connectivity index (χ4v) is 0.984. The van der Waals surface area contributed by atoms with Gasteiger partial charge in [-0.2, -0.15) is 0 Å². The Balaban J connectivity index is 4.25. The molecule has 0 aliphatic rings. The highest BCUT2D eigenvalue weighted by Crippen LogP contribution is 2.08. The van der Waals surface area contributed by atoms with Gasteiger partial charge in [0.05, 0.1) is 0 Å². The molecule has 0 aromatic heterocycles. The number of hydrogen-bond donors (Lipinski definition) is 1. The molecule has 0 aromatic carbocycles. The van der Waals surface area contributed by atoms with E-state index < -0.39 is 30.3 Å². The molecule has 2 atom stereocenters. The molecular formula is C11H16O5. The van der Waals surface area contributed by atoms with E-state index in [1.54, 1.807) is 0 Å². The van der Waals surface area contributed by atoms with E-state index in [2.05, 4.69) is 13.2 Å². The van der Waals surface area contributed by atoms with Gasteiger partial charge in [-0.05, 0) is 13.8 Å². The summed E-state index contributed by atoms with van der Waals surface area (Å²) in [5.74, 6) is -1.29. The van der Waals surface area contributed by atoms with Crippen LogP contribution in [0.15, 0.2) is 25.3 Å². The lowest BCUT2D eigenvalue weighted by Crippen LogP contribution is -2.39. The second kappa shape index (κ2) is 6.79. The summed E-state index contributed by atoms with van der Waals surface area (Å²) in [7, 11) is 0. The summed E-state index contributed by atoms with van der Waals surface area (Å²) < 4.78 is 9.55. The molecule has 0 amide bonds. The first-order chi connectivity index (χ1) is 7.42. The first-order valence-electron chi connectivity index (χ1n) is 4.76. The van der Waals surface area contributed by atoms with Crippen LogP contribution < -0.4 is 0 Å². The number of hydrogen-bond acceptors (Lipinski definition) is 5. The molecule has 0 fully saturated rings. The highest BCUT2D eigenvalue weighted by Gasteiger charge is 2.26. The molecule has 0 spiro atoms. The maximum Gasteiger partial charge on any atom is 0.330 e. The van der Waals surface area contributed by atoms with Crippen LogP contribution in [0.4, 0.5) is 0 Å². The SMILES string of the molecule is C=CC(=O)OC(C)C(O)C(C)OC(=O)C=C. The van der Waals surface area contributed by atoms with E-state index >= 15 is 0 Å². The van der Waals surface area contributed by atoms with Crippen LogP contribution in [0.5, 0.6) is 0 Å². The first kappa shape index (κ1) is 14.4. The number of rotatable bonds is 6. The van der Waals surface area contributed by atoms with E-state index in [0.29, 0.717) is 0 Å². The van der Waals surface area contributed by atoms with Gasteiger partial charge in [0, 0.05) is 12.2 Å². The number of aliphatic hydroxyl groups excluding tert-OH is 1. The van der Waals surface area contributed by atoms with Crippen LogP contribution in [0.1, 0.15) is 13.8 Å². The molecule has 0 radical (unpaired) electrons. The number of ether oxygens (including phenoxy) is 2. The van der Waals surface area contributed by atoms with E-state index in [9.17, 15) is 14.7 Å². The van der Waals surface area contributed by atoms with E-state index in [-0.39, 0.29) is 0 Å². The van der Waals surface area contributed by atoms with Crippen molar-refractivity contribution in [1.82, 2.24) is 0 Å². The van der Waals surface area contributed by atoms with Crippen LogP contribution in [-0.4, -0.2) is 35.4 Å². The van der Waals surface area contributed by atoms with Gasteiger partial charge in [-0.1, -0.05) is 13.2 Å². The summed E-state index contributed by atoms with van der Waals surface area (Å²) in [6.07, 6.45) is -0.711. The van der Waals surface area contributed by atoms with Crippen LogP contribution in [0.2, 0.25) is 0 Å². The van der Waals surface area contributed by atoms with Crippen molar-refractivity contribution in [2.24, 2.45) is 0 Å². The first-order valence-corrected chi connectivity index (χ1v) is 4.76. The van der Waals surface area contributed by atoms with Crippen molar-refractivity contribution < 1.29 is 24.2 Å². The number of aliphatic hydroxyl groups is 1. The summed E-state index contributed by atoms with van der Waals surface area (Å²) in [6.45, 7) is 9.43. The molecule has 5 heteroatoms. The van der Waals surface area contributed by atoms with Gasteiger partial charge >= 0.3 is 11.9 Å². The molecule has 0 rings (SSSR count). The fraction of sp³-hybridized carbons (Fsp3) is 0.455. The van der Waals surface area contributed by atoms with E-state index in [4.69, 9.17) is 9.47 Å². The largest absolute Gasteiger partial charge is 0.457 e. The molecule has 0 heterocycles. The molecule has 0 aliphatic carbocycles. The second-order valence-electron chi connectivity index (χ2n) is 3.18. The van der Waals surface area contributed by atoms with Gasteiger partial charge in [0.15, 0.2) is 0 Å². The quantitative estimate of drug-likeness (QED) is 0.532. The monoisotopic (exact) mass is 228 g/mol. The molecule has 16 heavy (non-hydrogen) atoms. The number of esters is 2. The zero-order valence-electron chi connectivity index (χ0n) is 9.38. The Morgan fingerprint density at radius 2 is 1.38 bits per heavy atom. The molecule has 0 saturated carbocycles. The topological polar surface area (TPSA) is 72.8 Å². The predicted octanol–water partition coefficient (Wildman–Crippen LogP) is 0.583. The molecule has 5 nitrogen and oxygen atoms in total. The molecule has 0 saturated heterocycles. The Morgan fingerprint density at radius 3 is 1.62 bits per heavy atom. The van der Waals surface area contributed by atoms with Crippen molar-refractivity contribution >= 4 is 11.9 Å². The average Bonchev–Trinajstić information content (AvgIpc) is 2.27. The van der Waals surface area contributed by atoms with Crippen LogP contribution in [-0.2, 0) is 19.1 Å². The van der Waals surface area contributed by atoms with Crippen LogP contribution in [0.25, 0.3) is 0 Å². The Hall–Kier alpha value is -1.62. The Labute approximate surface area is 94.4 Å². The molecule has 0 aliphatic heterocycles. The number of carbonyl (C=O) groups is 2. The maximum absolute atomic E-state index is 10.9. The fourth-order valence-electron chi connectivity index (χ4n) is 0.984. The van der Waals surface area contributed by atoms with Crippen molar-refractivity contribution in [2.45, 2.75) is 32.2 Å². The van der Waals surface area contributed by atoms with Crippen LogP contribution in [0, 0.1) is 0 Å². The molecular weight excluding hydrogens is 212 g/mol. The zero-order valence-corrected chi connectivity index (χ0v) is 9.38. The maximum atomic E-state index is 10.9. The van der Waals surface area contributed by atoms with E-state index in [1.165, 1.54) is 13.8 Å². The smallest absolute Gasteiger partial charge is 0.330 e. The highest BCUT2D eigenvalue weighted by atomic mass is 16.6. The molecule has 0 aromatic rings. The van der Waals surface area contributed by atoms with Gasteiger partial charge in [0.2, 0.25) is 0 Å². The third-order valence-corrected chi connectivity index (χ3v) is 1.90. The summed E-state index contributed by atoms with van der Waals surface area (Å²) in [5.41, 5.74) is 0. The van der Waals surface area contributed by atoms with Gasteiger partial charge in [0.1, 0.15) is 18.3 Å². The van der Waals surface area contributed by atoms with Gasteiger partial charge < -0.3 is 14.6 Å². The summed E-state index contributed by atoms with van der Waals surface area (Å²) in [6, 6.07) is 0. The van der Waals surface area contributed by atoms with E-state index in [0.717, 1.165) is 12.2 Å². The summed E-state index contributed by atoms with van der Waals surface area (Å²) >= 11 is 0. The van der Waals surface area contributed by atoms with E-state index in [1.807, 2.05) is 0 Å². The Kier molecular flexibility index (Phi) is 6.10. The predicted molar refractivity (Wildman–Crippen MR) is 57.5 cm³/mol. The zero-order chi connectivity index (χ0) is 12.7. The lowest BCUT2D eigenvalue weighted by atomic mass is 10.1. The van der Waals surface area contributed by atoms with Gasteiger partial charge in [-0.15, -0.1) is 0 Å². The van der Waals surface area contributed by atoms with Crippen molar-refractivity contribution in [3.8, 4) is 0 Å². The standard InChI is InChI=1S/C11H16O5/c1-5-9(12)15-7(3)11(14)8(4)16-10(13)6-2/h5-8,11,14H,1-2H2,3-4H3. The van der Waals surface area contributed by atoms with Crippen molar-refractivity contribution in [3.63, 3.8) is 0 Å². The second-order valence-corrected chi connectivity index (χ2v) is 3.18. The normalized spacial score (nSPS) is 15.4. The average molecular weight is 228 g/mol. The van der Waals surface area contributed by atoms with Gasteiger partial charge in [0.25, 0.3) is 0 Å². The lowest BCUT2D eigenvalue weighted by molar-refractivity contribution is -0.160. The minimum absolute atomic E-state index is 0.645. The Bertz CT molecular complexity index is 256. The minimum atomic E-state index is -1.10. The third-order valence-electron chi connectivity index (χ3n) is 1.90. The number of carbonyl (C=O) groups excluding carboxylic acids is 2. The third kappa shape index (κ3) is 4.75. The molecule has 1 N–H and O–H groups in total. The Morgan fingerprint density at radius 1 is 1.06 bits per heavy atom. The summed E-state index contributed by atoms with van der Waals surface area (Å²) in [4.78, 5) is 21.7. The molecule has 2 unspecified atom stereocenters. The summed E-state index contributed by atoms with van der Waals surface area (Å²) in [5, 5.41) is 9.65. The lowest BCUT2D eigenvalue weighted by Gasteiger charge is -2.23. The highest BCUT2D eigenvalue weighted by molar-refractivity contribution is 5.81. The van der Waals surface area contributed by atoms with Crippen molar-refractivity contribution in [1.29, 1.82) is 0 Å². The van der Waals surface area contributed by atoms with Crippen molar-refractivity contribution in [3.05, 3.63) is 25.3 Å². The van der Waals surface area contributed by atoms with Crippen LogP contribution >= 0.6 is 0 Å².